The van der Waals surface area contributed by atoms with Gasteiger partial charge in [0, 0.05) is 11.8 Å². The zero-order chi connectivity index (χ0) is 20.2. The summed E-state index contributed by atoms with van der Waals surface area (Å²) in [5.74, 6) is 0.660. The Hall–Kier alpha value is -3.33. The lowest BCUT2D eigenvalue weighted by molar-refractivity contribution is 0.321. The highest BCUT2D eigenvalue weighted by Crippen LogP contribution is 2.28. The molecule has 0 aliphatic carbocycles. The highest BCUT2D eigenvalue weighted by Gasteiger charge is 2.20. The lowest BCUT2D eigenvalue weighted by Gasteiger charge is -2.17. The molecule has 0 radical (unpaired) electrons. The van der Waals surface area contributed by atoms with Crippen molar-refractivity contribution in [1.82, 2.24) is 0 Å². The summed E-state index contributed by atoms with van der Waals surface area (Å²) in [6.07, 6.45) is 2.01. The van der Waals surface area contributed by atoms with Crippen LogP contribution < -0.4 is 5.32 Å². The predicted octanol–water partition coefficient (Wildman–Crippen LogP) is 6.23. The van der Waals surface area contributed by atoms with Crippen LogP contribution in [0.15, 0.2) is 83.9 Å². The molecule has 3 heteroatoms. The van der Waals surface area contributed by atoms with E-state index in [1.165, 1.54) is 22.3 Å². The van der Waals surface area contributed by atoms with Crippen LogP contribution in [0.25, 0.3) is 5.70 Å². The molecule has 29 heavy (non-hydrogen) atoms. The smallest absolute Gasteiger partial charge is 0.211 e. The molecule has 3 aromatic carbocycles. The highest BCUT2D eigenvalue weighted by atomic mass is 16.5. The van der Waals surface area contributed by atoms with Crippen molar-refractivity contribution in [2.24, 2.45) is 4.99 Å². The fourth-order valence-electron chi connectivity index (χ4n) is 3.76. The average Bonchev–Trinajstić information content (AvgIpc) is 3.20. The van der Waals surface area contributed by atoms with Crippen molar-refractivity contribution in [3.8, 4) is 0 Å². The van der Waals surface area contributed by atoms with Gasteiger partial charge in [-0.05, 0) is 43.0 Å². The van der Waals surface area contributed by atoms with E-state index in [1.54, 1.807) is 0 Å². The largest absolute Gasteiger partial charge is 0.475 e. The lowest BCUT2D eigenvalue weighted by atomic mass is 10.0. The predicted molar refractivity (Wildman–Crippen MR) is 121 cm³/mol. The van der Waals surface area contributed by atoms with Crippen molar-refractivity contribution in [2.45, 2.75) is 26.8 Å². The third-order valence-corrected chi connectivity index (χ3v) is 5.15. The maximum absolute atomic E-state index is 5.92. The summed E-state index contributed by atoms with van der Waals surface area (Å²) in [7, 11) is 0. The van der Waals surface area contributed by atoms with E-state index in [-0.39, 0.29) is 6.04 Å². The van der Waals surface area contributed by atoms with Crippen molar-refractivity contribution in [1.29, 1.82) is 0 Å². The second kappa shape index (κ2) is 8.36. The molecule has 0 bridgehead atoms. The Kier molecular flexibility index (Phi) is 5.48. The fraction of sp³-hybridized carbons (Fsp3) is 0.192. The van der Waals surface area contributed by atoms with E-state index in [4.69, 9.17) is 9.73 Å². The van der Waals surface area contributed by atoms with E-state index in [0.29, 0.717) is 12.5 Å². The van der Waals surface area contributed by atoms with Gasteiger partial charge in [0.1, 0.15) is 12.6 Å². The topological polar surface area (TPSA) is 33.6 Å². The minimum atomic E-state index is 0.0438. The van der Waals surface area contributed by atoms with E-state index in [0.717, 1.165) is 16.9 Å². The van der Waals surface area contributed by atoms with Crippen LogP contribution in [0.5, 0.6) is 0 Å². The van der Waals surface area contributed by atoms with E-state index >= 15 is 0 Å². The molecule has 4 rings (SSSR count). The van der Waals surface area contributed by atoms with Gasteiger partial charge in [-0.25, -0.2) is 4.99 Å². The molecule has 0 saturated carbocycles. The number of hydrogen-bond acceptors (Lipinski definition) is 3. The molecule has 0 aromatic heterocycles. The molecule has 1 atom stereocenters. The normalized spacial score (nSPS) is 16.3. The SMILES string of the molecule is Cc1cc(C)c(NC(=CC2=NC(c3ccccc3)CO2)c2ccccc2)c(C)c1. The number of ether oxygens (including phenoxy) is 1. The zero-order valence-electron chi connectivity index (χ0n) is 17.1. The van der Waals surface area contributed by atoms with Gasteiger partial charge in [0.15, 0.2) is 0 Å². The van der Waals surface area contributed by atoms with Gasteiger partial charge in [0.05, 0.1) is 5.70 Å². The molecule has 3 nitrogen and oxygen atoms in total. The van der Waals surface area contributed by atoms with Crippen LogP contribution in [0.4, 0.5) is 5.69 Å². The van der Waals surface area contributed by atoms with Gasteiger partial charge in [0.2, 0.25) is 5.90 Å². The second-order valence-electron chi connectivity index (χ2n) is 7.53. The Morgan fingerprint density at radius 2 is 1.55 bits per heavy atom. The summed E-state index contributed by atoms with van der Waals surface area (Å²) in [4.78, 5) is 4.80. The molecule has 1 heterocycles. The van der Waals surface area contributed by atoms with Crippen LogP contribution in [0.3, 0.4) is 0 Å². The summed E-state index contributed by atoms with van der Waals surface area (Å²) in [6.45, 7) is 6.98. The molecule has 0 amide bonds. The first kappa shape index (κ1) is 19.0. The third kappa shape index (κ3) is 4.40. The molecule has 0 spiro atoms. The standard InChI is InChI=1S/C26H26N2O/c1-18-14-19(2)26(20(3)15-18)28-23(21-10-6-4-7-11-21)16-25-27-24(17-29-25)22-12-8-5-9-13-22/h4-16,24,28H,17H2,1-3H3. The van der Waals surface area contributed by atoms with Crippen LogP contribution in [0.1, 0.15) is 33.9 Å². The minimum Gasteiger partial charge on any atom is -0.475 e. The number of nitrogens with zero attached hydrogens (tertiary/aromatic N) is 1. The molecule has 0 fully saturated rings. The van der Waals surface area contributed by atoms with Crippen LogP contribution >= 0.6 is 0 Å². The van der Waals surface area contributed by atoms with E-state index in [9.17, 15) is 0 Å². The molecule has 0 saturated heterocycles. The van der Waals surface area contributed by atoms with Crippen molar-refractivity contribution in [2.75, 3.05) is 11.9 Å². The number of nitrogens with one attached hydrogen (secondary N) is 1. The molecule has 1 aliphatic rings. The number of aryl methyl sites for hydroxylation is 3. The number of benzene rings is 3. The first-order valence-corrected chi connectivity index (χ1v) is 9.97. The lowest BCUT2D eigenvalue weighted by Crippen LogP contribution is -2.06. The fourth-order valence-corrected chi connectivity index (χ4v) is 3.76. The van der Waals surface area contributed by atoms with Gasteiger partial charge in [-0.1, -0.05) is 78.4 Å². The van der Waals surface area contributed by atoms with Crippen LogP contribution in [-0.2, 0) is 4.74 Å². The monoisotopic (exact) mass is 382 g/mol. The molecule has 1 unspecified atom stereocenters. The minimum absolute atomic E-state index is 0.0438. The van der Waals surface area contributed by atoms with E-state index < -0.39 is 0 Å². The van der Waals surface area contributed by atoms with Crippen LogP contribution in [0, 0.1) is 20.8 Å². The number of anilines is 1. The molecular weight excluding hydrogens is 356 g/mol. The summed E-state index contributed by atoms with van der Waals surface area (Å²) < 4.78 is 5.92. The van der Waals surface area contributed by atoms with Crippen molar-refractivity contribution in [3.05, 3.63) is 107 Å². The Balaban J connectivity index is 1.69. The molecule has 3 aromatic rings. The Labute approximate surface area is 172 Å². The summed E-state index contributed by atoms with van der Waals surface area (Å²) in [5, 5.41) is 3.64. The van der Waals surface area contributed by atoms with Gasteiger partial charge in [-0.3, -0.25) is 0 Å². The summed E-state index contributed by atoms with van der Waals surface area (Å²) >= 11 is 0. The number of rotatable bonds is 5. The van der Waals surface area contributed by atoms with Gasteiger partial charge in [-0.2, -0.15) is 0 Å². The molecule has 1 N–H and O–H groups in total. The summed E-state index contributed by atoms with van der Waals surface area (Å²) in [5.41, 5.74) is 8.10. The van der Waals surface area contributed by atoms with Gasteiger partial charge in [0.25, 0.3) is 0 Å². The quantitative estimate of drug-likeness (QED) is 0.567. The van der Waals surface area contributed by atoms with Crippen molar-refractivity contribution >= 4 is 17.3 Å². The van der Waals surface area contributed by atoms with Crippen molar-refractivity contribution < 1.29 is 4.74 Å². The Morgan fingerprint density at radius 3 is 2.21 bits per heavy atom. The molecule has 1 aliphatic heterocycles. The Morgan fingerprint density at radius 1 is 0.931 bits per heavy atom. The zero-order valence-corrected chi connectivity index (χ0v) is 17.1. The van der Waals surface area contributed by atoms with Crippen molar-refractivity contribution in [3.63, 3.8) is 0 Å². The third-order valence-electron chi connectivity index (χ3n) is 5.15. The van der Waals surface area contributed by atoms with E-state index in [1.807, 2.05) is 42.5 Å². The van der Waals surface area contributed by atoms with E-state index in [2.05, 4.69) is 62.5 Å². The van der Waals surface area contributed by atoms with Gasteiger partial charge >= 0.3 is 0 Å². The molecular formula is C26H26N2O. The number of hydrogen-bond donors (Lipinski definition) is 1. The first-order valence-electron chi connectivity index (χ1n) is 9.97. The van der Waals surface area contributed by atoms with Crippen LogP contribution in [0.2, 0.25) is 0 Å². The molecule has 146 valence electrons. The highest BCUT2D eigenvalue weighted by molar-refractivity contribution is 5.98. The van der Waals surface area contributed by atoms with Gasteiger partial charge < -0.3 is 10.1 Å². The first-order chi connectivity index (χ1) is 14.1. The van der Waals surface area contributed by atoms with Crippen LogP contribution in [-0.4, -0.2) is 12.5 Å². The summed E-state index contributed by atoms with van der Waals surface area (Å²) in [6, 6.07) is 25.1. The average molecular weight is 383 g/mol. The second-order valence-corrected chi connectivity index (χ2v) is 7.53. The Bertz CT molecular complexity index is 1030. The maximum Gasteiger partial charge on any atom is 0.211 e. The van der Waals surface area contributed by atoms with Gasteiger partial charge in [-0.15, -0.1) is 0 Å². The maximum atomic E-state index is 5.92. The number of aliphatic imine (C=N–C) groups is 1.